The molecule has 4 aliphatic rings. The van der Waals surface area contributed by atoms with Crippen LogP contribution in [0.1, 0.15) is 81.6 Å². The molecule has 2 N–H and O–H groups in total. The van der Waals surface area contributed by atoms with Gasteiger partial charge in [0.15, 0.2) is 0 Å². The molecule has 4 saturated carbocycles. The third kappa shape index (κ3) is 3.58. The topological polar surface area (TPSA) is 58.2 Å². The van der Waals surface area contributed by atoms with Crippen molar-refractivity contribution in [3.63, 3.8) is 0 Å². The molecule has 152 valence electrons. The van der Waals surface area contributed by atoms with Crippen molar-refractivity contribution in [1.29, 1.82) is 0 Å². The summed E-state index contributed by atoms with van der Waals surface area (Å²) in [7, 11) is 0. The van der Waals surface area contributed by atoms with Crippen molar-refractivity contribution in [3.8, 4) is 0 Å². The molecule has 4 heteroatoms. The Kier molecular flexibility index (Phi) is 4.79. The molecule has 4 nitrogen and oxygen atoms in total. The Morgan fingerprint density at radius 1 is 1.04 bits per heavy atom. The van der Waals surface area contributed by atoms with Crippen LogP contribution in [0.15, 0.2) is 24.3 Å². The van der Waals surface area contributed by atoms with Crippen LogP contribution in [-0.4, -0.2) is 18.4 Å². The predicted octanol–water partition coefficient (Wildman–Crippen LogP) is 4.44. The summed E-state index contributed by atoms with van der Waals surface area (Å²) >= 11 is 0. The molecule has 0 radical (unpaired) electrons. The lowest BCUT2D eigenvalue weighted by Crippen LogP contribution is -2.59. The fourth-order valence-electron chi connectivity index (χ4n) is 7.23. The van der Waals surface area contributed by atoms with Crippen LogP contribution in [-0.2, 0) is 11.3 Å². The molecule has 1 aromatic carbocycles. The van der Waals surface area contributed by atoms with Gasteiger partial charge in [0.2, 0.25) is 5.91 Å². The van der Waals surface area contributed by atoms with Crippen LogP contribution in [0, 0.1) is 22.2 Å². The highest BCUT2D eigenvalue weighted by Gasteiger charge is 2.62. The number of benzene rings is 1. The van der Waals surface area contributed by atoms with Gasteiger partial charge in [-0.05, 0) is 79.4 Å². The first-order valence-electron chi connectivity index (χ1n) is 10.9. The SMILES string of the molecule is CCCNC(=O)c1cccc(CNC(=O)C23CC4CC(C)(CC(C)(C4)C2)C3)c1. The van der Waals surface area contributed by atoms with Crippen molar-refractivity contribution in [3.05, 3.63) is 35.4 Å². The summed E-state index contributed by atoms with van der Waals surface area (Å²) in [5.74, 6) is 0.898. The first-order chi connectivity index (χ1) is 13.2. The maximum atomic E-state index is 13.3. The zero-order valence-corrected chi connectivity index (χ0v) is 17.6. The minimum Gasteiger partial charge on any atom is -0.352 e. The Morgan fingerprint density at radius 2 is 1.75 bits per heavy atom. The summed E-state index contributed by atoms with van der Waals surface area (Å²) in [5, 5.41) is 6.14. The Hall–Kier alpha value is -1.84. The van der Waals surface area contributed by atoms with E-state index in [9.17, 15) is 9.59 Å². The maximum absolute atomic E-state index is 13.3. The molecule has 28 heavy (non-hydrogen) atoms. The minimum atomic E-state index is -0.182. The van der Waals surface area contributed by atoms with Crippen LogP contribution in [0.3, 0.4) is 0 Å². The van der Waals surface area contributed by atoms with Gasteiger partial charge in [-0.15, -0.1) is 0 Å². The van der Waals surface area contributed by atoms with Crippen LogP contribution >= 0.6 is 0 Å². The zero-order chi connectivity index (χ0) is 20.0. The van der Waals surface area contributed by atoms with Gasteiger partial charge < -0.3 is 10.6 Å². The van der Waals surface area contributed by atoms with Crippen molar-refractivity contribution in [2.75, 3.05) is 6.54 Å². The second-order valence-electron chi connectivity index (χ2n) is 10.5. The Bertz CT molecular complexity index is 769. The summed E-state index contributed by atoms with van der Waals surface area (Å²) in [6.07, 6.45) is 7.93. The van der Waals surface area contributed by atoms with Crippen molar-refractivity contribution in [1.82, 2.24) is 10.6 Å². The fraction of sp³-hybridized carbons (Fsp3) is 0.667. The van der Waals surface area contributed by atoms with E-state index in [-0.39, 0.29) is 17.2 Å². The van der Waals surface area contributed by atoms with Gasteiger partial charge in [-0.1, -0.05) is 32.9 Å². The van der Waals surface area contributed by atoms with Gasteiger partial charge in [0.05, 0.1) is 5.41 Å². The number of carbonyl (C=O) groups is 2. The molecule has 0 spiro atoms. The zero-order valence-electron chi connectivity index (χ0n) is 17.6. The molecule has 4 bridgehead atoms. The molecule has 0 heterocycles. The smallest absolute Gasteiger partial charge is 0.251 e. The fourth-order valence-corrected chi connectivity index (χ4v) is 7.23. The van der Waals surface area contributed by atoms with Gasteiger partial charge in [0.1, 0.15) is 0 Å². The first kappa shape index (κ1) is 19.5. The highest BCUT2D eigenvalue weighted by atomic mass is 16.2. The predicted molar refractivity (Wildman–Crippen MR) is 111 cm³/mol. The number of rotatable bonds is 6. The molecule has 4 fully saturated rings. The summed E-state index contributed by atoms with van der Waals surface area (Å²) in [4.78, 5) is 25.5. The van der Waals surface area contributed by atoms with Crippen LogP contribution in [0.25, 0.3) is 0 Å². The molecular weight excluding hydrogens is 348 g/mol. The van der Waals surface area contributed by atoms with Gasteiger partial charge in [-0.25, -0.2) is 0 Å². The number of nitrogens with one attached hydrogen (secondary N) is 2. The average Bonchev–Trinajstić information content (AvgIpc) is 2.61. The van der Waals surface area contributed by atoms with Crippen LogP contribution in [0.4, 0.5) is 0 Å². The molecule has 0 aromatic heterocycles. The molecule has 0 aliphatic heterocycles. The third-order valence-electron chi connectivity index (χ3n) is 7.29. The van der Waals surface area contributed by atoms with E-state index in [0.29, 0.717) is 35.4 Å². The second kappa shape index (κ2) is 6.89. The van der Waals surface area contributed by atoms with Crippen molar-refractivity contribution in [2.45, 2.75) is 72.3 Å². The average molecular weight is 383 g/mol. The number of amides is 2. The monoisotopic (exact) mass is 382 g/mol. The summed E-state index contributed by atoms with van der Waals surface area (Å²) in [6.45, 7) is 8.01. The van der Waals surface area contributed by atoms with E-state index in [1.807, 2.05) is 31.2 Å². The van der Waals surface area contributed by atoms with Gasteiger partial charge >= 0.3 is 0 Å². The molecule has 2 amide bonds. The summed E-state index contributed by atoms with van der Waals surface area (Å²) in [6, 6.07) is 7.61. The van der Waals surface area contributed by atoms with Crippen LogP contribution in [0.2, 0.25) is 0 Å². The van der Waals surface area contributed by atoms with Crippen molar-refractivity contribution < 1.29 is 9.59 Å². The Balaban J connectivity index is 1.43. The van der Waals surface area contributed by atoms with E-state index in [0.717, 1.165) is 31.2 Å². The second-order valence-corrected chi connectivity index (χ2v) is 10.5. The normalized spacial score (nSPS) is 35.6. The van der Waals surface area contributed by atoms with E-state index >= 15 is 0 Å². The number of hydrogen-bond donors (Lipinski definition) is 2. The number of carbonyl (C=O) groups excluding carboxylic acids is 2. The lowest BCUT2D eigenvalue weighted by atomic mass is 9.40. The molecule has 5 rings (SSSR count). The first-order valence-corrected chi connectivity index (χ1v) is 10.9. The highest BCUT2D eigenvalue weighted by molar-refractivity contribution is 5.94. The van der Waals surface area contributed by atoms with E-state index in [2.05, 4.69) is 24.5 Å². The molecule has 0 saturated heterocycles. The van der Waals surface area contributed by atoms with Gasteiger partial charge in [-0.3, -0.25) is 9.59 Å². The van der Waals surface area contributed by atoms with Crippen LogP contribution in [0.5, 0.6) is 0 Å². The van der Waals surface area contributed by atoms with Gasteiger partial charge in [0, 0.05) is 18.7 Å². The Labute approximate surface area is 168 Å². The maximum Gasteiger partial charge on any atom is 0.251 e. The van der Waals surface area contributed by atoms with E-state index in [4.69, 9.17) is 0 Å². The van der Waals surface area contributed by atoms with Crippen molar-refractivity contribution in [2.24, 2.45) is 22.2 Å². The highest BCUT2D eigenvalue weighted by Crippen LogP contribution is 2.69. The minimum absolute atomic E-state index is 0.0445. The quantitative estimate of drug-likeness (QED) is 0.764. The number of hydrogen-bond acceptors (Lipinski definition) is 2. The van der Waals surface area contributed by atoms with E-state index < -0.39 is 0 Å². The van der Waals surface area contributed by atoms with E-state index in [1.165, 1.54) is 19.3 Å². The Morgan fingerprint density at radius 3 is 2.39 bits per heavy atom. The molecule has 1 aromatic rings. The lowest BCUT2D eigenvalue weighted by molar-refractivity contribution is -0.170. The summed E-state index contributed by atoms with van der Waals surface area (Å²) in [5.41, 5.74) is 2.14. The third-order valence-corrected chi connectivity index (χ3v) is 7.29. The molecular formula is C24H34N2O2. The summed E-state index contributed by atoms with van der Waals surface area (Å²) < 4.78 is 0. The molecule has 2 unspecified atom stereocenters. The van der Waals surface area contributed by atoms with Crippen molar-refractivity contribution >= 4 is 11.8 Å². The van der Waals surface area contributed by atoms with Gasteiger partial charge in [-0.2, -0.15) is 0 Å². The van der Waals surface area contributed by atoms with Gasteiger partial charge in [0.25, 0.3) is 5.91 Å². The lowest BCUT2D eigenvalue weighted by Gasteiger charge is -2.64. The standard InChI is InChI=1S/C24H34N2O2/c1-4-8-25-20(27)19-7-5-6-17(9-19)13-26-21(28)24-12-18-10-22(2,15-24)14-23(3,11-18)16-24/h5-7,9,18H,4,8,10-16H2,1-3H3,(H,25,27)(H,26,28). The largest absolute Gasteiger partial charge is 0.352 e. The van der Waals surface area contributed by atoms with Crippen LogP contribution < -0.4 is 10.6 Å². The molecule has 4 aliphatic carbocycles. The van der Waals surface area contributed by atoms with E-state index in [1.54, 1.807) is 0 Å². The molecule has 2 atom stereocenters.